The van der Waals surface area contributed by atoms with E-state index >= 15 is 8.78 Å². The van der Waals surface area contributed by atoms with Crippen molar-refractivity contribution in [1.29, 1.82) is 0 Å². The molecule has 3 heterocycles. The van der Waals surface area contributed by atoms with Crippen LogP contribution in [-0.2, 0) is 17.8 Å². The molecule has 1 aliphatic heterocycles. The van der Waals surface area contributed by atoms with Crippen molar-refractivity contribution in [2.45, 2.75) is 32.9 Å². The van der Waals surface area contributed by atoms with Crippen molar-refractivity contribution in [2.75, 3.05) is 13.2 Å². The molecule has 2 aromatic heterocycles. The summed E-state index contributed by atoms with van der Waals surface area (Å²) in [4.78, 5) is 20.4. The number of benzene rings is 3. The number of nitrogens with zero attached hydrogens (tertiary/aromatic N) is 3. The van der Waals surface area contributed by atoms with Crippen molar-refractivity contribution in [2.24, 2.45) is 5.41 Å². The highest BCUT2D eigenvalue weighted by Gasteiger charge is 2.39. The summed E-state index contributed by atoms with van der Waals surface area (Å²) < 4.78 is 72.8. The molecule has 5 aromatic rings. The van der Waals surface area contributed by atoms with Crippen molar-refractivity contribution in [1.82, 2.24) is 14.5 Å². The molecule has 232 valence electrons. The van der Waals surface area contributed by atoms with Crippen molar-refractivity contribution in [3.8, 4) is 17.1 Å². The third-order valence-corrected chi connectivity index (χ3v) is 8.17. The summed E-state index contributed by atoms with van der Waals surface area (Å²) in [5.41, 5.74) is 0.612. The van der Waals surface area contributed by atoms with Crippen LogP contribution in [0.1, 0.15) is 47.2 Å². The van der Waals surface area contributed by atoms with Crippen LogP contribution >= 0.6 is 11.6 Å². The summed E-state index contributed by atoms with van der Waals surface area (Å²) in [6.07, 6.45) is -0.237. The summed E-state index contributed by atoms with van der Waals surface area (Å²) in [7, 11) is 0. The molecule has 0 saturated carbocycles. The van der Waals surface area contributed by atoms with E-state index in [-0.39, 0.29) is 57.5 Å². The maximum Gasteiger partial charge on any atom is 0.335 e. The summed E-state index contributed by atoms with van der Waals surface area (Å²) in [5, 5.41) is 9.76. The highest BCUT2D eigenvalue weighted by atomic mass is 35.5. The van der Waals surface area contributed by atoms with Gasteiger partial charge in [0.1, 0.15) is 29.9 Å². The number of pyridine rings is 1. The number of aromatic nitrogens is 3. The maximum absolute atomic E-state index is 15.6. The zero-order valence-corrected chi connectivity index (χ0v) is 24.8. The molecule has 3 aromatic carbocycles. The second kappa shape index (κ2) is 11.8. The Kier molecular flexibility index (Phi) is 8.00. The van der Waals surface area contributed by atoms with Crippen LogP contribution in [0.3, 0.4) is 0 Å². The fourth-order valence-electron chi connectivity index (χ4n) is 5.48. The topological polar surface area (TPSA) is 86.5 Å². The Hall–Kier alpha value is -4.48. The SMILES string of the molecule is CC1(C)COC[C@H]1n1c(Cc2c(F)cc(-c3ccc(F)c(OCc4ccc(Cl)cc4F)n3)cc2F)nc2ccc(C(=O)O)cc21. The van der Waals surface area contributed by atoms with E-state index in [1.54, 1.807) is 6.07 Å². The van der Waals surface area contributed by atoms with Crippen LogP contribution in [0.4, 0.5) is 17.6 Å². The van der Waals surface area contributed by atoms with Crippen molar-refractivity contribution >= 4 is 28.6 Å². The van der Waals surface area contributed by atoms with Crippen molar-refractivity contribution in [3.63, 3.8) is 0 Å². The molecular weight excluding hydrogens is 614 g/mol. The maximum atomic E-state index is 15.6. The summed E-state index contributed by atoms with van der Waals surface area (Å²) in [6, 6.07) is 12.6. The summed E-state index contributed by atoms with van der Waals surface area (Å²) in [6.45, 7) is 4.40. The molecule has 1 aliphatic rings. The van der Waals surface area contributed by atoms with Crippen LogP contribution in [0.2, 0.25) is 5.02 Å². The zero-order chi connectivity index (χ0) is 32.0. The first-order valence-electron chi connectivity index (χ1n) is 13.9. The third kappa shape index (κ3) is 5.97. The monoisotopic (exact) mass is 639 g/mol. The zero-order valence-electron chi connectivity index (χ0n) is 24.1. The standard InChI is InChI=1S/C33H26ClF4N3O4/c1-33(2)16-44-15-29(33)41-28-11-17(32(42)43)4-7-27(28)39-30(41)13-21-24(37)9-19(10-25(21)38)26-8-6-22(35)31(40-26)45-14-18-3-5-20(34)12-23(18)36/h3-12,29H,13-16H2,1-2H3,(H,42,43)/t29-/m1/s1. The molecule has 1 fully saturated rings. The number of aromatic carboxylic acids is 1. The molecule has 0 unspecified atom stereocenters. The van der Waals surface area contributed by atoms with E-state index in [1.807, 2.05) is 18.4 Å². The lowest BCUT2D eigenvalue weighted by Crippen LogP contribution is -2.27. The van der Waals surface area contributed by atoms with E-state index in [0.717, 1.165) is 24.3 Å². The largest absolute Gasteiger partial charge is 0.478 e. The van der Waals surface area contributed by atoms with Crippen LogP contribution in [0.5, 0.6) is 5.88 Å². The Morgan fingerprint density at radius 2 is 1.76 bits per heavy atom. The molecule has 6 rings (SSSR count). The number of hydrogen-bond donors (Lipinski definition) is 1. The van der Waals surface area contributed by atoms with Gasteiger partial charge in [0.05, 0.1) is 41.5 Å². The Bertz CT molecular complexity index is 1940. The van der Waals surface area contributed by atoms with E-state index < -0.39 is 35.1 Å². The molecule has 1 atom stereocenters. The summed E-state index contributed by atoms with van der Waals surface area (Å²) in [5.74, 6) is -4.48. The van der Waals surface area contributed by atoms with Crippen LogP contribution in [0, 0.1) is 28.7 Å². The number of carboxylic acid groups (broad SMARTS) is 1. The van der Waals surface area contributed by atoms with Gasteiger partial charge in [-0.1, -0.05) is 31.5 Å². The molecule has 7 nitrogen and oxygen atoms in total. The van der Waals surface area contributed by atoms with Gasteiger partial charge in [0.25, 0.3) is 5.88 Å². The lowest BCUT2D eigenvalue weighted by molar-refractivity contribution is 0.0697. The second-order valence-corrected chi connectivity index (χ2v) is 12.0. The lowest BCUT2D eigenvalue weighted by atomic mass is 9.87. The van der Waals surface area contributed by atoms with E-state index in [1.165, 1.54) is 30.3 Å². The fraction of sp³-hybridized carbons (Fsp3) is 0.242. The van der Waals surface area contributed by atoms with Gasteiger partial charge in [-0.05, 0) is 54.6 Å². The minimum Gasteiger partial charge on any atom is -0.478 e. The first-order chi connectivity index (χ1) is 21.4. The quantitative estimate of drug-likeness (QED) is 0.175. The molecule has 0 radical (unpaired) electrons. The van der Waals surface area contributed by atoms with E-state index in [2.05, 4.69) is 9.97 Å². The molecule has 0 bridgehead atoms. The van der Waals surface area contributed by atoms with Gasteiger partial charge in [-0.15, -0.1) is 0 Å². The van der Waals surface area contributed by atoms with Gasteiger partial charge in [0, 0.05) is 33.5 Å². The molecule has 0 amide bonds. The minimum absolute atomic E-state index is 0.0289. The minimum atomic E-state index is -1.11. The highest BCUT2D eigenvalue weighted by Crippen LogP contribution is 2.41. The first-order valence-corrected chi connectivity index (χ1v) is 14.3. The second-order valence-electron chi connectivity index (χ2n) is 11.5. The fourth-order valence-corrected chi connectivity index (χ4v) is 5.63. The number of rotatable bonds is 8. The Morgan fingerprint density at radius 3 is 2.42 bits per heavy atom. The number of hydrogen-bond acceptors (Lipinski definition) is 5. The van der Waals surface area contributed by atoms with Crippen molar-refractivity contribution < 1.29 is 36.9 Å². The van der Waals surface area contributed by atoms with Crippen LogP contribution in [0.25, 0.3) is 22.3 Å². The molecule has 1 N–H and O–H groups in total. The number of carbonyl (C=O) groups is 1. The average molecular weight is 640 g/mol. The van der Waals surface area contributed by atoms with Gasteiger partial charge < -0.3 is 19.1 Å². The molecule has 12 heteroatoms. The van der Waals surface area contributed by atoms with Gasteiger partial charge in [-0.2, -0.15) is 0 Å². The predicted molar refractivity (Wildman–Crippen MR) is 158 cm³/mol. The van der Waals surface area contributed by atoms with Crippen molar-refractivity contribution in [3.05, 3.63) is 111 Å². The smallest absolute Gasteiger partial charge is 0.335 e. The van der Waals surface area contributed by atoms with Gasteiger partial charge >= 0.3 is 5.97 Å². The molecule has 45 heavy (non-hydrogen) atoms. The molecule has 1 saturated heterocycles. The van der Waals surface area contributed by atoms with Gasteiger partial charge in [0.2, 0.25) is 0 Å². The molecular formula is C33H26ClF4N3O4. The predicted octanol–water partition coefficient (Wildman–Crippen LogP) is 7.77. The number of ether oxygens (including phenoxy) is 2. The van der Waals surface area contributed by atoms with E-state index in [9.17, 15) is 18.7 Å². The molecule has 0 aliphatic carbocycles. The number of fused-ring (bicyclic) bond motifs is 1. The normalized spacial score (nSPS) is 15.9. The van der Waals surface area contributed by atoms with Gasteiger partial charge in [-0.3, -0.25) is 0 Å². The van der Waals surface area contributed by atoms with E-state index in [4.69, 9.17) is 21.1 Å². The van der Waals surface area contributed by atoms with Gasteiger partial charge in [-0.25, -0.2) is 32.3 Å². The van der Waals surface area contributed by atoms with Crippen LogP contribution in [-0.4, -0.2) is 38.8 Å². The highest BCUT2D eigenvalue weighted by molar-refractivity contribution is 6.30. The number of halogens is 5. The lowest BCUT2D eigenvalue weighted by Gasteiger charge is -2.28. The first kappa shape index (κ1) is 30.5. The van der Waals surface area contributed by atoms with Crippen LogP contribution < -0.4 is 4.74 Å². The Labute approximate surface area is 260 Å². The van der Waals surface area contributed by atoms with Gasteiger partial charge in [0.15, 0.2) is 5.82 Å². The van der Waals surface area contributed by atoms with E-state index in [0.29, 0.717) is 30.1 Å². The average Bonchev–Trinajstić information content (AvgIpc) is 3.52. The third-order valence-electron chi connectivity index (χ3n) is 7.94. The number of imidazole rings is 1. The Morgan fingerprint density at radius 1 is 1.00 bits per heavy atom. The summed E-state index contributed by atoms with van der Waals surface area (Å²) >= 11 is 5.77. The Balaban J connectivity index is 1.33. The number of carboxylic acids is 1. The molecule has 0 spiro atoms. The van der Waals surface area contributed by atoms with Crippen LogP contribution in [0.15, 0.2) is 60.7 Å².